The molecule has 210 valence electrons. The molecule has 0 radical (unpaired) electrons. The number of imidazole rings is 1. The minimum Gasteiger partial charge on any atom is -0.447 e. The highest BCUT2D eigenvalue weighted by atomic mass is 19.1. The van der Waals surface area contributed by atoms with E-state index in [1.54, 1.807) is 16.8 Å². The summed E-state index contributed by atoms with van der Waals surface area (Å²) >= 11 is 0. The molecule has 3 aromatic rings. The second-order valence-corrected chi connectivity index (χ2v) is 9.31. The molecule has 4 heterocycles. The van der Waals surface area contributed by atoms with Crippen LogP contribution < -0.4 is 20.4 Å². The average Bonchev–Trinajstić information content (AvgIpc) is 3.53. The van der Waals surface area contributed by atoms with Crippen molar-refractivity contribution in [3.63, 3.8) is 0 Å². The molecule has 13 nitrogen and oxygen atoms in total. The van der Waals surface area contributed by atoms with E-state index in [4.69, 9.17) is 4.74 Å². The largest absolute Gasteiger partial charge is 0.447 e. The van der Waals surface area contributed by atoms with E-state index in [0.717, 1.165) is 17.0 Å². The average molecular weight is 557 g/mol. The van der Waals surface area contributed by atoms with Gasteiger partial charge in [-0.2, -0.15) is 0 Å². The first-order valence-corrected chi connectivity index (χ1v) is 12.5. The van der Waals surface area contributed by atoms with Crippen molar-refractivity contribution in [2.45, 2.75) is 13.0 Å². The maximum Gasteiger partial charge on any atom is 0.414 e. The molecule has 2 fully saturated rings. The number of hydrogen-bond acceptors (Lipinski definition) is 8. The van der Waals surface area contributed by atoms with Crippen molar-refractivity contribution in [2.24, 2.45) is 0 Å². The lowest BCUT2D eigenvalue weighted by atomic mass is 10.1. The van der Waals surface area contributed by atoms with Crippen LogP contribution in [0.3, 0.4) is 0 Å². The van der Waals surface area contributed by atoms with Crippen molar-refractivity contribution in [3.8, 4) is 0 Å². The molecule has 0 unspecified atom stereocenters. The van der Waals surface area contributed by atoms with Crippen LogP contribution in [0.5, 0.6) is 0 Å². The fourth-order valence-electron chi connectivity index (χ4n) is 4.67. The highest BCUT2D eigenvalue weighted by Crippen LogP contribution is 2.32. The van der Waals surface area contributed by atoms with Crippen LogP contribution in [-0.4, -0.2) is 95.0 Å². The summed E-state index contributed by atoms with van der Waals surface area (Å²) in [6, 6.07) is 1.49. The summed E-state index contributed by atoms with van der Waals surface area (Å²) < 4.78 is 36.9. The Bertz CT molecular complexity index is 1420. The van der Waals surface area contributed by atoms with Crippen LogP contribution in [0.2, 0.25) is 0 Å². The van der Waals surface area contributed by atoms with Gasteiger partial charge in [0.15, 0.2) is 17.3 Å². The fourth-order valence-corrected chi connectivity index (χ4v) is 4.67. The zero-order valence-electron chi connectivity index (χ0n) is 21.5. The first-order valence-electron chi connectivity index (χ1n) is 12.5. The minimum absolute atomic E-state index is 0.0250. The van der Waals surface area contributed by atoms with Crippen LogP contribution in [0.4, 0.5) is 25.0 Å². The summed E-state index contributed by atoms with van der Waals surface area (Å²) in [6.45, 7) is 1.79. The van der Waals surface area contributed by atoms with E-state index in [1.165, 1.54) is 29.1 Å². The lowest BCUT2D eigenvalue weighted by Crippen LogP contribution is -2.51. The van der Waals surface area contributed by atoms with Crippen LogP contribution >= 0.6 is 0 Å². The van der Waals surface area contributed by atoms with E-state index in [-0.39, 0.29) is 74.8 Å². The number of fused-ring (bicyclic) bond motifs is 1. The Hall–Kier alpha value is -4.82. The number of nitrogens with one attached hydrogen (secondary N) is 2. The zero-order chi connectivity index (χ0) is 28.4. The van der Waals surface area contributed by atoms with E-state index in [9.17, 15) is 19.2 Å². The molecule has 2 aliphatic heterocycles. The number of rotatable bonds is 7. The molecule has 2 N–H and O–H groups in total. The smallest absolute Gasteiger partial charge is 0.414 e. The molecule has 0 spiro atoms. The Balaban J connectivity index is 1.18. The molecule has 2 saturated heterocycles. The summed E-state index contributed by atoms with van der Waals surface area (Å²) in [5.41, 5.74) is 0.343. The van der Waals surface area contributed by atoms with Crippen LogP contribution in [0.1, 0.15) is 17.4 Å². The van der Waals surface area contributed by atoms with Gasteiger partial charge in [0.25, 0.3) is 5.91 Å². The Kier molecular flexibility index (Phi) is 7.44. The molecule has 1 aromatic carbocycles. The van der Waals surface area contributed by atoms with E-state index in [1.807, 2.05) is 0 Å². The molecular weight excluding hydrogens is 530 g/mol. The molecule has 40 heavy (non-hydrogen) atoms. The molecule has 4 amide bonds. The topological polar surface area (TPSA) is 141 Å². The monoisotopic (exact) mass is 556 g/mol. The van der Waals surface area contributed by atoms with Crippen molar-refractivity contribution >= 4 is 40.8 Å². The third-order valence-corrected chi connectivity index (χ3v) is 6.67. The van der Waals surface area contributed by atoms with Crippen molar-refractivity contribution in [1.82, 2.24) is 29.9 Å². The number of ether oxygens (including phenoxy) is 1. The van der Waals surface area contributed by atoms with Crippen LogP contribution in [-0.2, 0) is 14.3 Å². The van der Waals surface area contributed by atoms with Gasteiger partial charge < -0.3 is 29.6 Å². The van der Waals surface area contributed by atoms with Gasteiger partial charge >= 0.3 is 6.09 Å². The third kappa shape index (κ3) is 5.48. The number of aromatic nitrogens is 3. The second-order valence-electron chi connectivity index (χ2n) is 9.31. The Morgan fingerprint density at radius 1 is 1.10 bits per heavy atom. The second kappa shape index (κ2) is 11.1. The van der Waals surface area contributed by atoms with Gasteiger partial charge in [0.05, 0.1) is 24.5 Å². The van der Waals surface area contributed by atoms with Gasteiger partial charge in [-0.1, -0.05) is 0 Å². The lowest BCUT2D eigenvalue weighted by Gasteiger charge is -2.36. The molecule has 1 atom stereocenters. The highest BCUT2D eigenvalue weighted by Gasteiger charge is 2.36. The standard InChI is InChI=1S/C25H26F2N8O5/c1-15(36)29-10-17-14-40-25(39)35(17)16-8-18(26)23(19(27)9-16)33-6-4-32(5-7-33)22(37)12-30-24(38)20-13-34-3-2-28-11-21(34)31-20/h2-3,8-9,11,13,17H,4-7,10,12,14H2,1H3,(H,29,36)(H,30,38)/t17-/m0/s1. The minimum atomic E-state index is -0.873. The van der Waals surface area contributed by atoms with E-state index in [2.05, 4.69) is 20.6 Å². The number of carbonyl (C=O) groups excluding carboxylic acids is 4. The summed E-state index contributed by atoms with van der Waals surface area (Å²) in [5, 5.41) is 5.12. The van der Waals surface area contributed by atoms with Crippen molar-refractivity contribution in [3.05, 3.63) is 54.2 Å². The predicted octanol–water partition coefficient (Wildman–Crippen LogP) is 0.547. The van der Waals surface area contributed by atoms with Crippen LogP contribution in [0, 0.1) is 11.6 Å². The molecule has 0 bridgehead atoms. The predicted molar refractivity (Wildman–Crippen MR) is 137 cm³/mol. The number of hydrogen-bond donors (Lipinski definition) is 2. The molecule has 2 aliphatic rings. The van der Waals surface area contributed by atoms with Gasteiger partial charge in [0.1, 0.15) is 18.0 Å². The van der Waals surface area contributed by atoms with Crippen molar-refractivity contribution in [1.29, 1.82) is 0 Å². The molecule has 2 aromatic heterocycles. The van der Waals surface area contributed by atoms with E-state index >= 15 is 8.78 Å². The van der Waals surface area contributed by atoms with Crippen LogP contribution in [0.15, 0.2) is 36.9 Å². The molecule has 15 heteroatoms. The number of anilines is 2. The quantitative estimate of drug-likeness (QED) is 0.430. The molecule has 0 saturated carbocycles. The Morgan fingerprint density at radius 2 is 1.82 bits per heavy atom. The van der Waals surface area contributed by atoms with E-state index in [0.29, 0.717) is 5.65 Å². The Morgan fingerprint density at radius 3 is 2.50 bits per heavy atom. The number of amides is 4. The maximum absolute atomic E-state index is 15.2. The van der Waals surface area contributed by atoms with Gasteiger partial charge in [-0.3, -0.25) is 24.3 Å². The SMILES string of the molecule is CC(=O)NC[C@H]1COC(=O)N1c1cc(F)c(N2CCN(C(=O)CNC(=O)c3cn4ccncc4n3)CC2)c(F)c1. The van der Waals surface area contributed by atoms with Gasteiger partial charge in [0.2, 0.25) is 11.8 Å². The summed E-state index contributed by atoms with van der Waals surface area (Å²) in [6.07, 6.45) is 5.47. The third-order valence-electron chi connectivity index (χ3n) is 6.67. The summed E-state index contributed by atoms with van der Waals surface area (Å²) in [5.74, 6) is -2.91. The number of nitrogens with zero attached hydrogens (tertiary/aromatic N) is 6. The van der Waals surface area contributed by atoms with Crippen LogP contribution in [0.25, 0.3) is 5.65 Å². The highest BCUT2D eigenvalue weighted by molar-refractivity contribution is 5.95. The maximum atomic E-state index is 15.2. The first-order chi connectivity index (χ1) is 19.2. The van der Waals surface area contributed by atoms with Crippen molar-refractivity contribution in [2.75, 3.05) is 55.7 Å². The van der Waals surface area contributed by atoms with Gasteiger partial charge in [0, 0.05) is 70.4 Å². The van der Waals surface area contributed by atoms with Gasteiger partial charge in [-0.25, -0.2) is 18.6 Å². The number of benzene rings is 1. The molecule has 5 rings (SSSR count). The lowest BCUT2D eigenvalue weighted by molar-refractivity contribution is -0.130. The van der Waals surface area contributed by atoms with Gasteiger partial charge in [-0.15, -0.1) is 0 Å². The summed E-state index contributed by atoms with van der Waals surface area (Å²) in [7, 11) is 0. The van der Waals surface area contributed by atoms with Gasteiger partial charge in [-0.05, 0) is 0 Å². The normalized spacial score (nSPS) is 17.2. The molecular formula is C25H26F2N8O5. The summed E-state index contributed by atoms with van der Waals surface area (Å²) in [4.78, 5) is 60.8. The van der Waals surface area contributed by atoms with E-state index < -0.39 is 29.7 Å². The number of piperazine rings is 1. The zero-order valence-corrected chi connectivity index (χ0v) is 21.5. The first kappa shape index (κ1) is 26.8. The Labute approximate surface area is 226 Å². The number of cyclic esters (lactones) is 1. The number of carbonyl (C=O) groups is 4. The number of halogens is 2. The fraction of sp³-hybridized carbons (Fsp3) is 0.360. The molecule has 0 aliphatic carbocycles. The van der Waals surface area contributed by atoms with Crippen molar-refractivity contribution < 1.29 is 32.7 Å².